The third-order valence-corrected chi connectivity index (χ3v) is 2.80. The molecule has 0 aromatic heterocycles. The molecule has 0 unspecified atom stereocenters. The predicted molar refractivity (Wildman–Crippen MR) is 36.9 cm³/mol. The fourth-order valence-electron chi connectivity index (χ4n) is 0.512. The van der Waals surface area contributed by atoms with Gasteiger partial charge in [0.1, 0.15) is 0 Å². The first-order chi connectivity index (χ1) is 5.12. The molecule has 68 valence electrons. The Morgan fingerprint density at radius 2 is 1.36 bits per heavy atom. The Balaban J connectivity index is 3.43. The summed E-state index contributed by atoms with van der Waals surface area (Å²) in [5, 5.41) is 0. The van der Waals surface area contributed by atoms with E-state index in [0.29, 0.717) is 13.2 Å². The van der Waals surface area contributed by atoms with Crippen molar-refractivity contribution in [1.82, 2.24) is 0 Å². The molecule has 0 rings (SSSR count). The molecule has 0 aromatic carbocycles. The van der Waals surface area contributed by atoms with Crippen LogP contribution in [0, 0.1) is 0 Å². The van der Waals surface area contributed by atoms with Gasteiger partial charge in [-0.1, -0.05) is 0 Å². The van der Waals surface area contributed by atoms with Gasteiger partial charge in [0, 0.05) is 0 Å². The van der Waals surface area contributed by atoms with Gasteiger partial charge in [-0.25, -0.2) is 0 Å². The van der Waals surface area contributed by atoms with E-state index >= 15 is 0 Å². The molecule has 0 aliphatic rings. The van der Waals surface area contributed by atoms with Crippen molar-refractivity contribution in [2.24, 2.45) is 0 Å². The molecule has 11 heavy (non-hydrogen) atoms. The molecular formula is C6H16O4Ti. The van der Waals surface area contributed by atoms with Gasteiger partial charge >= 0.3 is 72.1 Å². The van der Waals surface area contributed by atoms with Crippen molar-refractivity contribution in [1.29, 1.82) is 0 Å². The second-order valence-electron chi connectivity index (χ2n) is 2.25. The molecule has 5 heteroatoms. The van der Waals surface area contributed by atoms with Gasteiger partial charge in [-0.05, 0) is 0 Å². The summed E-state index contributed by atoms with van der Waals surface area (Å²) in [6.45, 7) is 4.52. The minimum atomic E-state index is -4.22. The molecule has 0 bridgehead atoms. The summed E-state index contributed by atoms with van der Waals surface area (Å²) in [5.41, 5.74) is 0. The van der Waals surface area contributed by atoms with Crippen LogP contribution in [0.1, 0.15) is 26.7 Å². The van der Waals surface area contributed by atoms with Crippen molar-refractivity contribution >= 4 is 0 Å². The first-order valence-electron chi connectivity index (χ1n) is 3.85. The summed E-state index contributed by atoms with van der Waals surface area (Å²) < 4.78 is 27.7. The van der Waals surface area contributed by atoms with Crippen LogP contribution < -0.4 is 0 Å². The van der Waals surface area contributed by atoms with Gasteiger partial charge < -0.3 is 0 Å². The average Bonchev–Trinajstić information content (AvgIpc) is 1.97. The Labute approximate surface area is 72.4 Å². The van der Waals surface area contributed by atoms with Gasteiger partial charge in [0.05, 0.1) is 0 Å². The summed E-state index contributed by atoms with van der Waals surface area (Å²) in [6.07, 6.45) is 1.53. The Morgan fingerprint density at radius 3 is 1.64 bits per heavy atom. The van der Waals surface area contributed by atoms with Gasteiger partial charge in [-0.2, -0.15) is 0 Å². The number of hydrogen-bond acceptors (Lipinski definition) is 4. The fraction of sp³-hybridized carbons (Fsp3) is 1.00. The molecule has 0 saturated heterocycles. The Kier molecular flexibility index (Phi) is 6.42. The van der Waals surface area contributed by atoms with Gasteiger partial charge in [0.25, 0.3) is 0 Å². The van der Waals surface area contributed by atoms with E-state index < -0.39 is 18.1 Å². The molecule has 0 saturated carbocycles. The van der Waals surface area contributed by atoms with Crippen LogP contribution in [0.5, 0.6) is 0 Å². The molecule has 0 aromatic rings. The normalized spacial score (nSPS) is 12.0. The molecular weight excluding hydrogens is 184 g/mol. The first kappa shape index (κ1) is 11.6. The summed E-state index contributed by atoms with van der Waals surface area (Å²) in [4.78, 5) is 0. The maximum absolute atomic E-state index is 9.08. The van der Waals surface area contributed by atoms with Gasteiger partial charge in [-0.3, -0.25) is 0 Å². The van der Waals surface area contributed by atoms with E-state index in [1.54, 1.807) is 0 Å². The summed E-state index contributed by atoms with van der Waals surface area (Å²) in [5.74, 6) is 0. The molecule has 0 amide bonds. The van der Waals surface area contributed by atoms with E-state index in [0.717, 1.165) is 12.8 Å². The quantitative estimate of drug-likeness (QED) is 0.617. The fourth-order valence-corrected chi connectivity index (χ4v) is 2.11. The van der Waals surface area contributed by atoms with Gasteiger partial charge in [0.2, 0.25) is 0 Å². The Bertz CT molecular complexity index is 86.6. The van der Waals surface area contributed by atoms with E-state index in [2.05, 4.69) is 0 Å². The number of rotatable bonds is 6. The van der Waals surface area contributed by atoms with Crippen LogP contribution in [0.15, 0.2) is 0 Å². The van der Waals surface area contributed by atoms with Crippen molar-refractivity contribution < 1.29 is 32.2 Å². The zero-order valence-corrected chi connectivity index (χ0v) is 8.60. The molecule has 0 radical (unpaired) electrons. The van der Waals surface area contributed by atoms with Crippen molar-refractivity contribution in [3.63, 3.8) is 0 Å². The minimum absolute atomic E-state index is 0.358. The molecule has 0 aliphatic heterocycles. The molecule has 4 nitrogen and oxygen atoms in total. The SMILES string of the molecule is CCC[O][Ti]([OH])([OH])[O]CCC. The predicted octanol–water partition coefficient (Wildman–Crippen LogP) is 0.638. The Hall–Kier alpha value is 0.554. The molecule has 0 spiro atoms. The topological polar surface area (TPSA) is 58.9 Å². The van der Waals surface area contributed by atoms with E-state index in [1.165, 1.54) is 0 Å². The van der Waals surface area contributed by atoms with E-state index in [-0.39, 0.29) is 0 Å². The van der Waals surface area contributed by atoms with Crippen molar-refractivity contribution in [3.05, 3.63) is 0 Å². The van der Waals surface area contributed by atoms with Crippen molar-refractivity contribution in [2.75, 3.05) is 13.2 Å². The van der Waals surface area contributed by atoms with Crippen molar-refractivity contribution in [2.45, 2.75) is 26.7 Å². The van der Waals surface area contributed by atoms with Crippen LogP contribution in [-0.2, 0) is 24.8 Å². The van der Waals surface area contributed by atoms with Crippen molar-refractivity contribution in [3.8, 4) is 0 Å². The van der Waals surface area contributed by atoms with Crippen LogP contribution >= 0.6 is 0 Å². The van der Waals surface area contributed by atoms with Crippen LogP contribution in [0.25, 0.3) is 0 Å². The molecule has 0 fully saturated rings. The summed E-state index contributed by atoms with van der Waals surface area (Å²) in [7, 11) is 0. The van der Waals surface area contributed by atoms with Crippen LogP contribution in [0.4, 0.5) is 0 Å². The summed E-state index contributed by atoms with van der Waals surface area (Å²) in [6, 6.07) is 0. The van der Waals surface area contributed by atoms with Crippen LogP contribution in [-0.4, -0.2) is 20.6 Å². The van der Waals surface area contributed by atoms with Gasteiger partial charge in [-0.15, -0.1) is 0 Å². The first-order valence-corrected chi connectivity index (χ1v) is 6.52. The molecule has 0 atom stereocenters. The molecule has 2 N–H and O–H groups in total. The van der Waals surface area contributed by atoms with Crippen LogP contribution in [0.2, 0.25) is 0 Å². The second-order valence-corrected chi connectivity index (χ2v) is 4.86. The van der Waals surface area contributed by atoms with E-state index in [1.807, 2.05) is 13.8 Å². The van der Waals surface area contributed by atoms with Gasteiger partial charge in [0.15, 0.2) is 0 Å². The number of hydrogen-bond donors (Lipinski definition) is 2. The Morgan fingerprint density at radius 1 is 1.00 bits per heavy atom. The standard InChI is InChI=1S/2C3H7O.2H2O.Ti/c2*1-2-3-4;;;/h2*2-3H2,1H3;2*1H2;/q2*-1;;;+4/p-2. The second kappa shape index (κ2) is 6.11. The third kappa shape index (κ3) is 6.93. The molecule has 0 heterocycles. The van der Waals surface area contributed by atoms with Crippen LogP contribution in [0.3, 0.4) is 0 Å². The zero-order valence-electron chi connectivity index (χ0n) is 7.04. The average molecular weight is 200 g/mol. The molecule has 0 aliphatic carbocycles. The van der Waals surface area contributed by atoms with E-state index in [4.69, 9.17) is 14.0 Å². The van der Waals surface area contributed by atoms with E-state index in [9.17, 15) is 0 Å². The summed E-state index contributed by atoms with van der Waals surface area (Å²) >= 11 is -4.22. The maximum atomic E-state index is 9.08. The monoisotopic (exact) mass is 200 g/mol. The zero-order chi connectivity index (χ0) is 8.74. The third-order valence-electron chi connectivity index (χ3n) is 0.988.